The zero-order valence-electron chi connectivity index (χ0n) is 11.5. The number of carbonyl (C=O) groups excluding carboxylic acids is 1. The van der Waals surface area contributed by atoms with Gasteiger partial charge in [0.25, 0.3) is 0 Å². The van der Waals surface area contributed by atoms with Crippen LogP contribution in [0.15, 0.2) is 36.5 Å². The molecule has 0 saturated heterocycles. The van der Waals surface area contributed by atoms with Gasteiger partial charge < -0.3 is 4.74 Å². The van der Waals surface area contributed by atoms with Crippen LogP contribution in [0.3, 0.4) is 0 Å². The third-order valence-electron chi connectivity index (χ3n) is 2.50. The highest BCUT2D eigenvalue weighted by atomic mass is 35.5. The molecular weight excluding hydrogens is 297 g/mol. The van der Waals surface area contributed by atoms with Crippen molar-refractivity contribution in [3.8, 4) is 11.3 Å². The summed E-state index contributed by atoms with van der Waals surface area (Å²) < 4.78 is 6.80. The molecule has 20 heavy (non-hydrogen) atoms. The Morgan fingerprint density at radius 1 is 1.15 bits per heavy atom. The summed E-state index contributed by atoms with van der Waals surface area (Å²) in [5, 5.41) is 1.04. The van der Waals surface area contributed by atoms with E-state index in [1.165, 1.54) is 4.57 Å². The quantitative estimate of drug-likeness (QED) is 0.720. The lowest BCUT2D eigenvalue weighted by Gasteiger charge is -2.20. The number of ether oxygens (including phenoxy) is 1. The van der Waals surface area contributed by atoms with E-state index in [-0.39, 0.29) is 0 Å². The van der Waals surface area contributed by atoms with E-state index >= 15 is 0 Å². The molecule has 0 atom stereocenters. The highest BCUT2D eigenvalue weighted by Crippen LogP contribution is 2.28. The Balaban J connectivity index is 2.40. The molecule has 0 amide bonds. The molecule has 3 nitrogen and oxygen atoms in total. The van der Waals surface area contributed by atoms with Crippen molar-refractivity contribution in [3.63, 3.8) is 0 Å². The van der Waals surface area contributed by atoms with Crippen LogP contribution in [-0.4, -0.2) is 16.3 Å². The molecule has 0 bridgehead atoms. The van der Waals surface area contributed by atoms with Crippen LogP contribution in [0.1, 0.15) is 20.8 Å². The molecule has 0 unspecified atom stereocenters. The molecule has 1 aromatic carbocycles. The van der Waals surface area contributed by atoms with Crippen molar-refractivity contribution in [2.45, 2.75) is 26.4 Å². The first-order valence-corrected chi connectivity index (χ1v) is 6.89. The Bertz CT molecular complexity index is 621. The summed E-state index contributed by atoms with van der Waals surface area (Å²) in [6.45, 7) is 5.47. The maximum atomic E-state index is 12.2. The summed E-state index contributed by atoms with van der Waals surface area (Å²) in [6, 6.07) is 8.74. The van der Waals surface area contributed by atoms with Gasteiger partial charge >= 0.3 is 6.09 Å². The van der Waals surface area contributed by atoms with Crippen molar-refractivity contribution in [3.05, 3.63) is 46.6 Å². The molecule has 0 saturated carbocycles. The lowest BCUT2D eigenvalue weighted by molar-refractivity contribution is 0.0540. The Kier molecular flexibility index (Phi) is 4.11. The highest BCUT2D eigenvalue weighted by Gasteiger charge is 2.19. The van der Waals surface area contributed by atoms with Crippen LogP contribution in [0.25, 0.3) is 11.3 Å². The second-order valence-corrected chi connectivity index (χ2v) is 6.27. The predicted octanol–water partition coefficient (Wildman–Crippen LogP) is 5.25. The maximum absolute atomic E-state index is 12.2. The minimum absolute atomic E-state index is 0.436. The summed E-state index contributed by atoms with van der Waals surface area (Å²) >= 11 is 12.0. The topological polar surface area (TPSA) is 31.2 Å². The van der Waals surface area contributed by atoms with Crippen LogP contribution >= 0.6 is 23.2 Å². The van der Waals surface area contributed by atoms with Crippen molar-refractivity contribution in [2.75, 3.05) is 0 Å². The van der Waals surface area contributed by atoms with Crippen LogP contribution < -0.4 is 0 Å². The number of rotatable bonds is 1. The number of benzene rings is 1. The predicted molar refractivity (Wildman–Crippen MR) is 81.5 cm³/mol. The highest BCUT2D eigenvalue weighted by molar-refractivity contribution is 6.35. The van der Waals surface area contributed by atoms with E-state index in [0.717, 1.165) is 5.56 Å². The van der Waals surface area contributed by atoms with E-state index in [2.05, 4.69) is 0 Å². The molecule has 0 aliphatic rings. The number of hydrogen-bond acceptors (Lipinski definition) is 2. The standard InChI is InChI=1S/C15H15Cl2NO2/c1-15(2,3)20-14(19)18-6-4-5-13(18)10-7-11(16)9-12(17)8-10/h4-9H,1-3H3. The van der Waals surface area contributed by atoms with Crippen LogP contribution in [0.4, 0.5) is 4.79 Å². The minimum atomic E-state index is -0.551. The molecule has 1 heterocycles. The number of hydrogen-bond donors (Lipinski definition) is 0. The summed E-state index contributed by atoms with van der Waals surface area (Å²) in [6.07, 6.45) is 1.21. The summed E-state index contributed by atoms with van der Waals surface area (Å²) in [4.78, 5) is 12.2. The Morgan fingerprint density at radius 2 is 1.75 bits per heavy atom. The molecule has 0 spiro atoms. The van der Waals surface area contributed by atoms with Gasteiger partial charge in [0.1, 0.15) is 5.60 Å². The van der Waals surface area contributed by atoms with Gasteiger partial charge in [-0.3, -0.25) is 4.57 Å². The van der Waals surface area contributed by atoms with Gasteiger partial charge in [0.2, 0.25) is 0 Å². The van der Waals surface area contributed by atoms with E-state index in [1.807, 2.05) is 26.8 Å². The molecule has 5 heteroatoms. The van der Waals surface area contributed by atoms with E-state index in [1.54, 1.807) is 30.5 Å². The first-order chi connectivity index (χ1) is 9.26. The molecule has 106 valence electrons. The molecule has 1 aromatic heterocycles. The van der Waals surface area contributed by atoms with Crippen molar-refractivity contribution in [2.24, 2.45) is 0 Å². The fraction of sp³-hybridized carbons (Fsp3) is 0.267. The number of aromatic nitrogens is 1. The molecule has 0 fully saturated rings. The molecule has 0 aliphatic carbocycles. The van der Waals surface area contributed by atoms with Crippen LogP contribution in [-0.2, 0) is 4.74 Å². The number of nitrogens with zero attached hydrogens (tertiary/aromatic N) is 1. The third-order valence-corrected chi connectivity index (χ3v) is 2.93. The Hall–Kier alpha value is -1.45. The van der Waals surface area contributed by atoms with Crippen LogP contribution in [0.5, 0.6) is 0 Å². The van der Waals surface area contributed by atoms with Gasteiger partial charge in [-0.25, -0.2) is 4.79 Å². The molecule has 0 N–H and O–H groups in total. The van der Waals surface area contributed by atoms with Crippen LogP contribution in [0.2, 0.25) is 10.0 Å². The molecular formula is C15H15Cl2NO2. The zero-order valence-corrected chi connectivity index (χ0v) is 13.0. The van der Waals surface area contributed by atoms with Gasteiger partial charge in [-0.1, -0.05) is 23.2 Å². The zero-order chi connectivity index (χ0) is 14.9. The lowest BCUT2D eigenvalue weighted by Crippen LogP contribution is -2.27. The van der Waals surface area contributed by atoms with E-state index in [9.17, 15) is 4.79 Å². The summed E-state index contributed by atoms with van der Waals surface area (Å²) in [7, 11) is 0. The fourth-order valence-electron chi connectivity index (χ4n) is 1.79. The average Bonchev–Trinajstić information content (AvgIpc) is 2.73. The van der Waals surface area contributed by atoms with Crippen molar-refractivity contribution in [1.29, 1.82) is 0 Å². The first kappa shape index (κ1) is 14.9. The monoisotopic (exact) mass is 311 g/mol. The minimum Gasteiger partial charge on any atom is -0.443 e. The Morgan fingerprint density at radius 3 is 2.30 bits per heavy atom. The van der Waals surface area contributed by atoms with Crippen molar-refractivity contribution < 1.29 is 9.53 Å². The fourth-order valence-corrected chi connectivity index (χ4v) is 2.31. The van der Waals surface area contributed by atoms with Gasteiger partial charge in [0.05, 0.1) is 5.69 Å². The number of halogens is 2. The van der Waals surface area contributed by atoms with Gasteiger partial charge in [-0.15, -0.1) is 0 Å². The van der Waals surface area contributed by atoms with Crippen molar-refractivity contribution in [1.82, 2.24) is 4.57 Å². The van der Waals surface area contributed by atoms with E-state index < -0.39 is 11.7 Å². The first-order valence-electron chi connectivity index (χ1n) is 6.13. The van der Waals surface area contributed by atoms with E-state index in [4.69, 9.17) is 27.9 Å². The maximum Gasteiger partial charge on any atom is 0.418 e. The second-order valence-electron chi connectivity index (χ2n) is 5.40. The average molecular weight is 312 g/mol. The lowest BCUT2D eigenvalue weighted by atomic mass is 10.1. The van der Waals surface area contributed by atoms with Gasteiger partial charge in [0.15, 0.2) is 0 Å². The second kappa shape index (κ2) is 5.51. The normalized spacial score (nSPS) is 11.4. The molecule has 0 radical (unpaired) electrons. The smallest absolute Gasteiger partial charge is 0.418 e. The van der Waals surface area contributed by atoms with Crippen LogP contribution in [0, 0.1) is 0 Å². The molecule has 0 aliphatic heterocycles. The number of carbonyl (C=O) groups is 1. The van der Waals surface area contributed by atoms with Gasteiger partial charge in [-0.05, 0) is 51.1 Å². The largest absolute Gasteiger partial charge is 0.443 e. The molecule has 2 aromatic rings. The molecule has 2 rings (SSSR count). The summed E-state index contributed by atoms with van der Waals surface area (Å²) in [5.74, 6) is 0. The SMILES string of the molecule is CC(C)(C)OC(=O)n1cccc1-c1cc(Cl)cc(Cl)c1. The third kappa shape index (κ3) is 3.56. The van der Waals surface area contributed by atoms with Gasteiger partial charge in [0, 0.05) is 21.8 Å². The van der Waals surface area contributed by atoms with E-state index in [0.29, 0.717) is 15.7 Å². The Labute approximate surface area is 128 Å². The van der Waals surface area contributed by atoms with Crippen molar-refractivity contribution >= 4 is 29.3 Å². The summed E-state index contributed by atoms with van der Waals surface area (Å²) in [5.41, 5.74) is 0.895. The van der Waals surface area contributed by atoms with Gasteiger partial charge in [-0.2, -0.15) is 0 Å².